The third-order valence-electron chi connectivity index (χ3n) is 2.38. The molecule has 4 nitrogen and oxygen atoms in total. The van der Waals surface area contributed by atoms with Gasteiger partial charge in [0.2, 0.25) is 5.91 Å². The Kier molecular flexibility index (Phi) is 5.60. The Hall–Kier alpha value is -1.76. The summed E-state index contributed by atoms with van der Waals surface area (Å²) >= 11 is 0. The lowest BCUT2D eigenvalue weighted by Crippen LogP contribution is -2.37. The molecule has 21 heavy (non-hydrogen) atoms. The van der Waals surface area contributed by atoms with Gasteiger partial charge in [0.15, 0.2) is 0 Å². The highest BCUT2D eigenvalue weighted by atomic mass is 19.4. The lowest BCUT2D eigenvalue weighted by Gasteiger charge is -2.20. The van der Waals surface area contributed by atoms with Crippen LogP contribution in [0.1, 0.15) is 27.2 Å². The summed E-state index contributed by atoms with van der Waals surface area (Å²) in [6.07, 6.45) is -4.44. The van der Waals surface area contributed by atoms with E-state index in [4.69, 9.17) is 0 Å². The standard InChI is InChI=1S/C14H19F3N2O2/c1-13(2,3)18-9-8-12(20)19-10-4-6-11(7-5-10)21-14(15,16)17/h4-7,18H,8-9H2,1-3H3,(H,19,20). The maximum atomic E-state index is 12.0. The Balaban J connectivity index is 2.43. The average molecular weight is 304 g/mol. The first-order valence-electron chi connectivity index (χ1n) is 6.46. The zero-order valence-electron chi connectivity index (χ0n) is 12.2. The minimum absolute atomic E-state index is 0.0726. The summed E-state index contributed by atoms with van der Waals surface area (Å²) in [7, 11) is 0. The molecular formula is C14H19F3N2O2. The zero-order chi connectivity index (χ0) is 16.1. The van der Waals surface area contributed by atoms with E-state index in [0.717, 1.165) is 12.1 Å². The van der Waals surface area contributed by atoms with E-state index in [1.807, 2.05) is 20.8 Å². The summed E-state index contributed by atoms with van der Waals surface area (Å²) in [5.74, 6) is -0.536. The molecule has 0 aliphatic rings. The number of hydrogen-bond donors (Lipinski definition) is 2. The van der Waals surface area contributed by atoms with Crippen molar-refractivity contribution in [3.05, 3.63) is 24.3 Å². The quantitative estimate of drug-likeness (QED) is 0.877. The second kappa shape index (κ2) is 6.80. The molecule has 1 aromatic rings. The van der Waals surface area contributed by atoms with E-state index in [2.05, 4.69) is 15.4 Å². The molecule has 118 valence electrons. The molecule has 0 unspecified atom stereocenters. The fourth-order valence-electron chi connectivity index (χ4n) is 1.51. The summed E-state index contributed by atoms with van der Waals surface area (Å²) in [4.78, 5) is 11.6. The highest BCUT2D eigenvalue weighted by molar-refractivity contribution is 5.90. The summed E-state index contributed by atoms with van der Waals surface area (Å²) < 4.78 is 39.7. The van der Waals surface area contributed by atoms with E-state index in [1.54, 1.807) is 0 Å². The van der Waals surface area contributed by atoms with Gasteiger partial charge in [-0.25, -0.2) is 0 Å². The molecule has 0 fully saturated rings. The highest BCUT2D eigenvalue weighted by Crippen LogP contribution is 2.23. The largest absolute Gasteiger partial charge is 0.573 e. The molecule has 0 aromatic heterocycles. The second-order valence-electron chi connectivity index (χ2n) is 5.55. The van der Waals surface area contributed by atoms with Crippen molar-refractivity contribution < 1.29 is 22.7 Å². The van der Waals surface area contributed by atoms with Gasteiger partial charge in [0.1, 0.15) is 5.75 Å². The van der Waals surface area contributed by atoms with Crippen molar-refractivity contribution in [3.8, 4) is 5.75 Å². The van der Waals surface area contributed by atoms with Crippen molar-refractivity contribution in [3.63, 3.8) is 0 Å². The third-order valence-corrected chi connectivity index (χ3v) is 2.38. The zero-order valence-corrected chi connectivity index (χ0v) is 12.2. The Morgan fingerprint density at radius 1 is 1.14 bits per heavy atom. The number of benzene rings is 1. The van der Waals surface area contributed by atoms with Crippen LogP contribution in [0.2, 0.25) is 0 Å². The number of carbonyl (C=O) groups is 1. The highest BCUT2D eigenvalue weighted by Gasteiger charge is 2.30. The van der Waals surface area contributed by atoms with Crippen LogP contribution in [0.15, 0.2) is 24.3 Å². The molecule has 0 radical (unpaired) electrons. The van der Waals surface area contributed by atoms with Crippen LogP contribution in [-0.2, 0) is 4.79 Å². The van der Waals surface area contributed by atoms with Crippen molar-refractivity contribution in [2.75, 3.05) is 11.9 Å². The fraction of sp³-hybridized carbons (Fsp3) is 0.500. The topological polar surface area (TPSA) is 50.4 Å². The van der Waals surface area contributed by atoms with Gasteiger partial charge in [-0.05, 0) is 45.0 Å². The van der Waals surface area contributed by atoms with Gasteiger partial charge in [-0.2, -0.15) is 0 Å². The van der Waals surface area contributed by atoms with E-state index in [1.165, 1.54) is 12.1 Å². The van der Waals surface area contributed by atoms with E-state index in [9.17, 15) is 18.0 Å². The Bertz CT molecular complexity index is 465. The molecular weight excluding hydrogens is 285 g/mol. The molecule has 1 aromatic carbocycles. The van der Waals surface area contributed by atoms with E-state index < -0.39 is 6.36 Å². The Morgan fingerprint density at radius 2 is 1.71 bits per heavy atom. The van der Waals surface area contributed by atoms with Gasteiger partial charge >= 0.3 is 6.36 Å². The van der Waals surface area contributed by atoms with Gasteiger partial charge in [-0.3, -0.25) is 4.79 Å². The lowest BCUT2D eigenvalue weighted by molar-refractivity contribution is -0.274. The van der Waals surface area contributed by atoms with E-state index in [0.29, 0.717) is 12.2 Å². The summed E-state index contributed by atoms with van der Waals surface area (Å²) in [5, 5.41) is 5.77. The number of carbonyl (C=O) groups excluding carboxylic acids is 1. The predicted molar refractivity (Wildman–Crippen MR) is 74.1 cm³/mol. The molecule has 2 N–H and O–H groups in total. The fourth-order valence-corrected chi connectivity index (χ4v) is 1.51. The summed E-state index contributed by atoms with van der Waals surface area (Å²) in [5.41, 5.74) is 0.349. The maximum absolute atomic E-state index is 12.0. The van der Waals surface area contributed by atoms with Crippen LogP contribution < -0.4 is 15.4 Å². The summed E-state index contributed by atoms with van der Waals surface area (Å²) in [6.45, 7) is 6.49. The van der Waals surface area contributed by atoms with Crippen LogP contribution in [0.25, 0.3) is 0 Å². The molecule has 0 heterocycles. The number of nitrogens with one attached hydrogen (secondary N) is 2. The molecule has 0 saturated carbocycles. The number of hydrogen-bond acceptors (Lipinski definition) is 3. The van der Waals surface area contributed by atoms with Gasteiger partial charge in [0, 0.05) is 24.2 Å². The lowest BCUT2D eigenvalue weighted by atomic mass is 10.1. The smallest absolute Gasteiger partial charge is 0.406 e. The second-order valence-corrected chi connectivity index (χ2v) is 5.55. The first kappa shape index (κ1) is 17.3. The number of anilines is 1. The molecule has 0 atom stereocenters. The number of ether oxygens (including phenoxy) is 1. The number of alkyl halides is 3. The molecule has 0 spiro atoms. The van der Waals surface area contributed by atoms with Crippen molar-refractivity contribution in [2.24, 2.45) is 0 Å². The van der Waals surface area contributed by atoms with Gasteiger partial charge in [0.05, 0.1) is 0 Å². The molecule has 1 amide bonds. The monoisotopic (exact) mass is 304 g/mol. The van der Waals surface area contributed by atoms with Crippen LogP contribution >= 0.6 is 0 Å². The molecule has 0 saturated heterocycles. The van der Waals surface area contributed by atoms with Crippen LogP contribution in [0, 0.1) is 0 Å². The van der Waals surface area contributed by atoms with Gasteiger partial charge in [-0.1, -0.05) is 0 Å². The van der Waals surface area contributed by atoms with Crippen LogP contribution in [-0.4, -0.2) is 24.4 Å². The Labute approximate surface area is 121 Å². The van der Waals surface area contributed by atoms with Gasteiger partial charge < -0.3 is 15.4 Å². The van der Waals surface area contributed by atoms with Gasteiger partial charge in [-0.15, -0.1) is 13.2 Å². The van der Waals surface area contributed by atoms with Crippen molar-refractivity contribution in [1.29, 1.82) is 0 Å². The van der Waals surface area contributed by atoms with Crippen LogP contribution in [0.3, 0.4) is 0 Å². The van der Waals surface area contributed by atoms with Crippen molar-refractivity contribution in [1.82, 2.24) is 5.32 Å². The average Bonchev–Trinajstić information content (AvgIpc) is 2.28. The van der Waals surface area contributed by atoms with Crippen LogP contribution in [0.4, 0.5) is 18.9 Å². The molecule has 7 heteroatoms. The SMILES string of the molecule is CC(C)(C)NCCC(=O)Nc1ccc(OC(F)(F)F)cc1. The van der Waals surface area contributed by atoms with E-state index in [-0.39, 0.29) is 23.6 Å². The number of amides is 1. The maximum Gasteiger partial charge on any atom is 0.573 e. The number of rotatable bonds is 5. The van der Waals surface area contributed by atoms with Crippen molar-refractivity contribution >= 4 is 11.6 Å². The molecule has 1 rings (SSSR count). The van der Waals surface area contributed by atoms with Crippen LogP contribution in [0.5, 0.6) is 5.75 Å². The van der Waals surface area contributed by atoms with Crippen molar-refractivity contribution in [2.45, 2.75) is 39.1 Å². The minimum atomic E-state index is -4.72. The molecule has 0 aliphatic carbocycles. The minimum Gasteiger partial charge on any atom is -0.406 e. The number of halogens is 3. The third kappa shape index (κ3) is 8.19. The Morgan fingerprint density at radius 3 is 2.19 bits per heavy atom. The normalized spacial score (nSPS) is 12.1. The first-order chi connectivity index (χ1) is 9.55. The predicted octanol–water partition coefficient (Wildman–Crippen LogP) is 3.30. The summed E-state index contributed by atoms with van der Waals surface area (Å²) in [6, 6.07) is 5.01. The van der Waals surface area contributed by atoms with E-state index >= 15 is 0 Å². The molecule has 0 bridgehead atoms. The first-order valence-corrected chi connectivity index (χ1v) is 6.46. The van der Waals surface area contributed by atoms with Gasteiger partial charge in [0.25, 0.3) is 0 Å². The molecule has 0 aliphatic heterocycles.